The highest BCUT2D eigenvalue weighted by Crippen LogP contribution is 2.09. The Labute approximate surface area is 203 Å². The molecule has 0 aliphatic rings. The summed E-state index contributed by atoms with van der Waals surface area (Å²) >= 11 is 0. The standard InChI is InChI=1S/C25H29N5O5/c26-16-18-9-11-20(12-10-18)29-23(32)14-13-22(31)28-15-5-4-8-21(24(27)33)30-25(34)35-17-19-6-2-1-3-7-19/h1-3,6-7,9-12,21H,4-5,8,13-15,17H2,(H2,27,33)(H,28,31)(H,29,32)(H,30,34)/t21-/m0/s1. The van der Waals surface area contributed by atoms with Crippen molar-refractivity contribution in [3.8, 4) is 6.07 Å². The molecule has 0 saturated heterocycles. The highest BCUT2D eigenvalue weighted by atomic mass is 16.5. The summed E-state index contributed by atoms with van der Waals surface area (Å²) in [5.74, 6) is -1.24. The number of hydrogen-bond acceptors (Lipinski definition) is 6. The highest BCUT2D eigenvalue weighted by molar-refractivity contribution is 5.93. The van der Waals surface area contributed by atoms with Gasteiger partial charge in [0.05, 0.1) is 11.6 Å². The maximum absolute atomic E-state index is 12.0. The second kappa shape index (κ2) is 14.7. The molecule has 0 bridgehead atoms. The number of nitrogens with zero attached hydrogens (tertiary/aromatic N) is 1. The number of carbonyl (C=O) groups excluding carboxylic acids is 4. The molecule has 1 atom stereocenters. The number of amides is 4. The van der Waals surface area contributed by atoms with E-state index < -0.39 is 18.0 Å². The molecule has 0 heterocycles. The van der Waals surface area contributed by atoms with Gasteiger partial charge in [-0.05, 0) is 49.1 Å². The van der Waals surface area contributed by atoms with Crippen LogP contribution < -0.4 is 21.7 Å². The number of hydrogen-bond donors (Lipinski definition) is 4. The van der Waals surface area contributed by atoms with Crippen molar-refractivity contribution < 1.29 is 23.9 Å². The fourth-order valence-electron chi connectivity index (χ4n) is 3.06. The zero-order valence-corrected chi connectivity index (χ0v) is 19.3. The van der Waals surface area contributed by atoms with E-state index in [2.05, 4.69) is 16.0 Å². The van der Waals surface area contributed by atoms with Crippen LogP contribution in [0, 0.1) is 11.3 Å². The minimum atomic E-state index is -0.875. The van der Waals surface area contributed by atoms with Gasteiger partial charge in [0, 0.05) is 25.1 Å². The van der Waals surface area contributed by atoms with E-state index in [-0.39, 0.29) is 31.3 Å². The summed E-state index contributed by atoms with van der Waals surface area (Å²) in [4.78, 5) is 47.5. The van der Waals surface area contributed by atoms with Crippen LogP contribution in [0.1, 0.15) is 43.2 Å². The molecule has 0 fully saturated rings. The molecule has 184 valence electrons. The van der Waals surface area contributed by atoms with Crippen molar-refractivity contribution in [2.24, 2.45) is 5.73 Å². The van der Waals surface area contributed by atoms with E-state index >= 15 is 0 Å². The van der Waals surface area contributed by atoms with E-state index in [4.69, 9.17) is 15.7 Å². The summed E-state index contributed by atoms with van der Waals surface area (Å²) in [5, 5.41) is 16.6. The summed E-state index contributed by atoms with van der Waals surface area (Å²) in [6.45, 7) is 0.440. The van der Waals surface area contributed by atoms with E-state index in [0.717, 1.165) is 5.56 Å². The van der Waals surface area contributed by atoms with Gasteiger partial charge in [0.25, 0.3) is 0 Å². The molecule has 5 N–H and O–H groups in total. The number of ether oxygens (including phenoxy) is 1. The first-order valence-electron chi connectivity index (χ1n) is 11.2. The van der Waals surface area contributed by atoms with Crippen LogP contribution >= 0.6 is 0 Å². The van der Waals surface area contributed by atoms with Crippen LogP contribution in [-0.4, -0.2) is 36.4 Å². The lowest BCUT2D eigenvalue weighted by atomic mass is 10.1. The van der Waals surface area contributed by atoms with E-state index in [1.54, 1.807) is 24.3 Å². The molecule has 0 aliphatic heterocycles. The largest absolute Gasteiger partial charge is 0.445 e. The van der Waals surface area contributed by atoms with Crippen LogP contribution in [-0.2, 0) is 25.7 Å². The topological polar surface area (TPSA) is 163 Å². The van der Waals surface area contributed by atoms with Crippen molar-refractivity contribution in [3.63, 3.8) is 0 Å². The smallest absolute Gasteiger partial charge is 0.408 e. The Balaban J connectivity index is 1.58. The zero-order valence-electron chi connectivity index (χ0n) is 19.3. The first-order valence-corrected chi connectivity index (χ1v) is 11.2. The average Bonchev–Trinajstić information content (AvgIpc) is 2.86. The predicted molar refractivity (Wildman–Crippen MR) is 129 cm³/mol. The van der Waals surface area contributed by atoms with Crippen molar-refractivity contribution >= 4 is 29.5 Å². The SMILES string of the molecule is N#Cc1ccc(NC(=O)CCC(=O)NCCCC[C@H](NC(=O)OCc2ccccc2)C(N)=O)cc1. The summed E-state index contributed by atoms with van der Waals surface area (Å²) in [7, 11) is 0. The van der Waals surface area contributed by atoms with Crippen molar-refractivity contribution in [2.45, 2.75) is 44.8 Å². The Bertz CT molecular complexity index is 1030. The lowest BCUT2D eigenvalue weighted by Crippen LogP contribution is -2.44. The van der Waals surface area contributed by atoms with Gasteiger partial charge in [-0.15, -0.1) is 0 Å². The fraction of sp³-hybridized carbons (Fsp3) is 0.320. The van der Waals surface area contributed by atoms with Crippen molar-refractivity contribution in [2.75, 3.05) is 11.9 Å². The molecule has 0 spiro atoms. The molecule has 35 heavy (non-hydrogen) atoms. The average molecular weight is 480 g/mol. The fourth-order valence-corrected chi connectivity index (χ4v) is 3.06. The molecular weight excluding hydrogens is 450 g/mol. The van der Waals surface area contributed by atoms with Gasteiger partial charge >= 0.3 is 6.09 Å². The van der Waals surface area contributed by atoms with Crippen molar-refractivity contribution in [1.29, 1.82) is 5.26 Å². The van der Waals surface area contributed by atoms with Gasteiger partial charge in [-0.2, -0.15) is 5.26 Å². The van der Waals surface area contributed by atoms with E-state index in [1.165, 1.54) is 0 Å². The van der Waals surface area contributed by atoms with Crippen LogP contribution in [0.4, 0.5) is 10.5 Å². The summed E-state index contributed by atoms with van der Waals surface area (Å²) in [6, 6.07) is 16.7. The van der Waals surface area contributed by atoms with Crippen LogP contribution in [0.3, 0.4) is 0 Å². The minimum Gasteiger partial charge on any atom is -0.445 e. The Hall–Kier alpha value is -4.39. The number of primary amides is 1. The van der Waals surface area contributed by atoms with Crippen molar-refractivity contribution in [3.05, 3.63) is 65.7 Å². The number of unbranched alkanes of at least 4 members (excludes halogenated alkanes) is 1. The molecule has 0 aliphatic carbocycles. The molecule has 0 saturated carbocycles. The molecule has 4 amide bonds. The summed E-state index contributed by atoms with van der Waals surface area (Å²) in [6.07, 6.45) is 0.717. The molecule has 2 aromatic rings. The van der Waals surface area contributed by atoms with Crippen LogP contribution in [0.5, 0.6) is 0 Å². The second-order valence-corrected chi connectivity index (χ2v) is 7.74. The monoisotopic (exact) mass is 479 g/mol. The van der Waals surface area contributed by atoms with Gasteiger partial charge < -0.3 is 26.4 Å². The number of alkyl carbamates (subject to hydrolysis) is 1. The zero-order chi connectivity index (χ0) is 25.5. The van der Waals surface area contributed by atoms with Gasteiger partial charge in [-0.3, -0.25) is 14.4 Å². The predicted octanol–water partition coefficient (Wildman–Crippen LogP) is 2.34. The second-order valence-electron chi connectivity index (χ2n) is 7.74. The third kappa shape index (κ3) is 10.9. The number of nitriles is 1. The molecule has 2 rings (SSSR count). The number of rotatable bonds is 13. The molecular formula is C25H29N5O5. The minimum absolute atomic E-state index is 0.0184. The van der Waals surface area contributed by atoms with Crippen LogP contribution in [0.2, 0.25) is 0 Å². The third-order valence-corrected chi connectivity index (χ3v) is 4.97. The Morgan fingerprint density at radius 3 is 2.29 bits per heavy atom. The van der Waals surface area contributed by atoms with Gasteiger partial charge in [-0.1, -0.05) is 30.3 Å². The molecule has 0 unspecified atom stereocenters. The Morgan fingerprint density at radius 2 is 1.63 bits per heavy atom. The maximum Gasteiger partial charge on any atom is 0.408 e. The van der Waals surface area contributed by atoms with E-state index in [9.17, 15) is 19.2 Å². The Kier molecular flexibility index (Phi) is 11.3. The maximum atomic E-state index is 12.0. The first-order chi connectivity index (χ1) is 16.9. The number of benzene rings is 2. The molecule has 2 aromatic carbocycles. The first kappa shape index (κ1) is 26.9. The summed E-state index contributed by atoms with van der Waals surface area (Å²) in [5.41, 5.74) is 7.22. The number of anilines is 1. The normalized spacial score (nSPS) is 10.9. The summed E-state index contributed by atoms with van der Waals surface area (Å²) < 4.78 is 5.10. The Morgan fingerprint density at radius 1 is 0.943 bits per heavy atom. The lowest BCUT2D eigenvalue weighted by Gasteiger charge is -2.15. The molecule has 0 radical (unpaired) electrons. The van der Waals surface area contributed by atoms with Gasteiger partial charge in [0.2, 0.25) is 17.7 Å². The third-order valence-electron chi connectivity index (χ3n) is 4.97. The van der Waals surface area contributed by atoms with Gasteiger partial charge in [-0.25, -0.2) is 4.79 Å². The number of nitrogens with two attached hydrogens (primary N) is 1. The van der Waals surface area contributed by atoms with E-state index in [1.807, 2.05) is 36.4 Å². The quantitative estimate of drug-likeness (QED) is 0.322. The lowest BCUT2D eigenvalue weighted by molar-refractivity contribution is -0.124. The number of carbonyl (C=O) groups is 4. The molecule has 10 heteroatoms. The number of nitrogens with one attached hydrogen (secondary N) is 3. The van der Waals surface area contributed by atoms with E-state index in [0.29, 0.717) is 37.1 Å². The van der Waals surface area contributed by atoms with Gasteiger partial charge in [0.1, 0.15) is 12.6 Å². The van der Waals surface area contributed by atoms with Gasteiger partial charge in [0.15, 0.2) is 0 Å². The molecule has 0 aromatic heterocycles. The van der Waals surface area contributed by atoms with Crippen LogP contribution in [0.15, 0.2) is 54.6 Å². The van der Waals surface area contributed by atoms with Crippen LogP contribution in [0.25, 0.3) is 0 Å². The van der Waals surface area contributed by atoms with Crippen molar-refractivity contribution in [1.82, 2.24) is 10.6 Å². The highest BCUT2D eigenvalue weighted by Gasteiger charge is 2.18. The molecule has 10 nitrogen and oxygen atoms in total.